The molecule has 0 N–H and O–H groups in total. The van der Waals surface area contributed by atoms with Crippen LogP contribution in [0.4, 0.5) is 0 Å². The van der Waals surface area contributed by atoms with E-state index in [0.29, 0.717) is 3.92 Å². The molecular formula is C45H32I2. The van der Waals surface area contributed by atoms with Gasteiger partial charge in [0.2, 0.25) is 0 Å². The highest BCUT2D eigenvalue weighted by molar-refractivity contribution is 14.2. The summed E-state index contributed by atoms with van der Waals surface area (Å²) in [5, 5.41) is 10.3. The number of halogens is 2. The van der Waals surface area contributed by atoms with Crippen LogP contribution in [0.25, 0.3) is 68.9 Å². The Morgan fingerprint density at radius 1 is 0.511 bits per heavy atom. The first-order chi connectivity index (χ1) is 23.2. The molecule has 0 radical (unpaired) electrons. The second-order valence-corrected chi connectivity index (χ2v) is 15.6. The van der Waals surface area contributed by atoms with E-state index in [0.717, 1.165) is 0 Å². The summed E-state index contributed by atoms with van der Waals surface area (Å²) < 4.78 is 4.39. The number of hydrogen-bond acceptors (Lipinski definition) is 0. The summed E-state index contributed by atoms with van der Waals surface area (Å²) in [5.41, 5.74) is 7.87. The van der Waals surface area contributed by atoms with Crippen LogP contribution in [0, 0.1) is 0 Å². The lowest BCUT2D eigenvalue weighted by molar-refractivity contribution is 1.39. The molecule has 0 aliphatic rings. The molecule has 226 valence electrons. The molecule has 0 bridgehead atoms. The molecule has 8 rings (SSSR count). The van der Waals surface area contributed by atoms with Gasteiger partial charge in [-0.05, 0) is 93.5 Å². The minimum Gasteiger partial charge on any atom is -0.0883 e. The molecule has 0 spiro atoms. The first kappa shape index (κ1) is 30.2. The lowest BCUT2D eigenvalue weighted by Crippen LogP contribution is -1.93. The van der Waals surface area contributed by atoms with E-state index < -0.39 is 0 Å². The fraction of sp³-hybridized carbons (Fsp3) is 0.0444. The highest BCUT2D eigenvalue weighted by Crippen LogP contribution is 2.47. The number of hydrogen-bond donors (Lipinski definition) is 0. The van der Waals surface area contributed by atoms with Gasteiger partial charge < -0.3 is 0 Å². The van der Waals surface area contributed by atoms with Gasteiger partial charge in [-0.15, -0.1) is 0 Å². The van der Waals surface area contributed by atoms with Crippen LogP contribution in [0.2, 0.25) is 0 Å². The van der Waals surface area contributed by atoms with Gasteiger partial charge in [0.25, 0.3) is 0 Å². The molecule has 1 atom stereocenters. The molecule has 0 aromatic heterocycles. The van der Waals surface area contributed by atoms with E-state index in [1.165, 1.54) is 80.1 Å². The molecule has 8 aromatic rings. The molecule has 0 aliphatic carbocycles. The van der Waals surface area contributed by atoms with Crippen LogP contribution in [-0.4, -0.2) is 4.01 Å². The molecule has 0 saturated heterocycles. The van der Waals surface area contributed by atoms with E-state index >= 15 is 0 Å². The van der Waals surface area contributed by atoms with E-state index in [-0.39, 0.29) is 20.7 Å². The van der Waals surface area contributed by atoms with Crippen molar-refractivity contribution < 1.29 is 0 Å². The molecule has 1 unspecified atom stereocenters. The van der Waals surface area contributed by atoms with Crippen LogP contribution in [0.15, 0.2) is 164 Å². The third-order valence-electron chi connectivity index (χ3n) is 9.08. The van der Waals surface area contributed by atoms with Crippen molar-refractivity contribution in [3.05, 3.63) is 175 Å². The van der Waals surface area contributed by atoms with Gasteiger partial charge in [0.1, 0.15) is 0 Å². The van der Waals surface area contributed by atoms with Gasteiger partial charge in [-0.25, -0.2) is 0 Å². The normalized spacial score (nSPS) is 13.0. The van der Waals surface area contributed by atoms with Gasteiger partial charge in [0.05, 0.1) is 3.92 Å². The standard InChI is InChI=1S/C45H32I2/c1-2-43(47-29-42(46)32-16-4-3-5-17-32)33-26-27-40-41(28-33)45(37-25-13-19-31-15-7-9-21-35(31)37)39-23-11-10-22-38(39)44(40)36-24-12-18-30-14-6-8-20-34(30)36/h2-29,42H,1H3/b43-2-. The number of fused-ring (bicyclic) bond motifs is 4. The maximum absolute atomic E-state index is 2.58. The summed E-state index contributed by atoms with van der Waals surface area (Å²) in [6, 6.07) is 58.2. The van der Waals surface area contributed by atoms with Crippen molar-refractivity contribution in [2.75, 3.05) is 0 Å². The average Bonchev–Trinajstić information content (AvgIpc) is 3.14. The lowest BCUT2D eigenvalue weighted by Gasteiger charge is -2.20. The Bertz CT molecular complexity index is 2480. The van der Waals surface area contributed by atoms with Crippen LogP contribution in [0.3, 0.4) is 0 Å². The second kappa shape index (κ2) is 13.2. The largest absolute Gasteiger partial charge is 0.0883 e. The van der Waals surface area contributed by atoms with Gasteiger partial charge in [-0.1, -0.05) is 201 Å². The maximum Gasteiger partial charge on any atom is 0.0594 e. The zero-order valence-electron chi connectivity index (χ0n) is 26.0. The number of benzene rings is 8. The minimum atomic E-state index is -0.320. The van der Waals surface area contributed by atoms with E-state index in [2.05, 4.69) is 197 Å². The Labute approximate surface area is 299 Å². The van der Waals surface area contributed by atoms with E-state index in [1.54, 1.807) is 0 Å². The van der Waals surface area contributed by atoms with Gasteiger partial charge in [-0.2, -0.15) is 0 Å². The number of alkyl halides is 1. The van der Waals surface area contributed by atoms with Crippen molar-refractivity contribution in [2.45, 2.75) is 10.8 Å². The number of allylic oxidation sites excluding steroid dienone is 1. The Hall–Kier alpha value is -4.13. The third-order valence-corrected chi connectivity index (χ3v) is 14.5. The molecule has 0 fully saturated rings. The average molecular weight is 827 g/mol. The topological polar surface area (TPSA) is 0 Å². The summed E-state index contributed by atoms with van der Waals surface area (Å²) >= 11 is 2.26. The molecule has 2 heteroatoms. The lowest BCUT2D eigenvalue weighted by atomic mass is 9.83. The van der Waals surface area contributed by atoms with Crippen molar-refractivity contribution in [1.82, 2.24) is 0 Å². The van der Waals surface area contributed by atoms with E-state index in [9.17, 15) is 0 Å². The van der Waals surface area contributed by atoms with Gasteiger partial charge in [0.15, 0.2) is 0 Å². The quantitative estimate of drug-likeness (QED) is 0.0890. The molecule has 8 aromatic carbocycles. The maximum atomic E-state index is 2.58. The van der Waals surface area contributed by atoms with Gasteiger partial charge >= 0.3 is 0 Å². The van der Waals surface area contributed by atoms with Gasteiger partial charge in [0, 0.05) is 3.58 Å². The summed E-state index contributed by atoms with van der Waals surface area (Å²) in [6.07, 6.45) is 2.34. The fourth-order valence-corrected chi connectivity index (χ4v) is 10.4. The monoisotopic (exact) mass is 826 g/mol. The van der Waals surface area contributed by atoms with E-state index in [1.807, 2.05) is 0 Å². The van der Waals surface area contributed by atoms with Crippen LogP contribution in [0.5, 0.6) is 0 Å². The molecule has 0 saturated carbocycles. The van der Waals surface area contributed by atoms with Crippen molar-refractivity contribution in [1.29, 1.82) is 0 Å². The van der Waals surface area contributed by atoms with E-state index in [4.69, 9.17) is 0 Å². The first-order valence-electron chi connectivity index (χ1n) is 16.0. The van der Waals surface area contributed by atoms with Crippen molar-refractivity contribution >= 4 is 94.0 Å². The molecule has 0 nitrogen and oxygen atoms in total. The summed E-state index contributed by atoms with van der Waals surface area (Å²) in [4.78, 5) is 0. The molecule has 47 heavy (non-hydrogen) atoms. The summed E-state index contributed by atoms with van der Waals surface area (Å²) in [7, 11) is 0. The Morgan fingerprint density at radius 2 is 1.00 bits per heavy atom. The third kappa shape index (κ3) is 5.62. The van der Waals surface area contributed by atoms with Crippen LogP contribution < -0.4 is 0 Å². The molecule has 0 heterocycles. The van der Waals surface area contributed by atoms with Crippen molar-refractivity contribution in [2.24, 2.45) is 0 Å². The highest BCUT2D eigenvalue weighted by Gasteiger charge is 2.20. The second-order valence-electron chi connectivity index (χ2n) is 11.8. The first-order valence-corrected chi connectivity index (χ1v) is 19.6. The Kier molecular flexibility index (Phi) is 8.47. The highest BCUT2D eigenvalue weighted by atomic mass is 127. The van der Waals surface area contributed by atoms with Crippen LogP contribution in [0.1, 0.15) is 22.0 Å². The molecule has 0 aliphatic heterocycles. The van der Waals surface area contributed by atoms with Gasteiger partial charge in [-0.3, -0.25) is 0 Å². The van der Waals surface area contributed by atoms with Crippen molar-refractivity contribution in [3.63, 3.8) is 0 Å². The smallest absolute Gasteiger partial charge is 0.0594 e. The Morgan fingerprint density at radius 3 is 1.60 bits per heavy atom. The van der Waals surface area contributed by atoms with Crippen LogP contribution >= 0.6 is 43.3 Å². The summed E-state index contributed by atoms with van der Waals surface area (Å²) in [5.74, 6) is 0. The SMILES string of the molecule is C/C=C(\I=CC(I)c1ccccc1)c1ccc2c(-c3cccc4ccccc34)c3ccccc3c(-c3cccc4ccccc34)c2c1. The summed E-state index contributed by atoms with van der Waals surface area (Å²) in [6.45, 7) is 2.20. The van der Waals surface area contributed by atoms with Crippen LogP contribution in [-0.2, 0) is 0 Å². The molecule has 0 amide bonds. The predicted molar refractivity (Wildman–Crippen MR) is 224 cm³/mol. The zero-order valence-corrected chi connectivity index (χ0v) is 30.3. The number of rotatable bonds is 6. The zero-order chi connectivity index (χ0) is 31.7. The minimum absolute atomic E-state index is 0.320. The van der Waals surface area contributed by atoms with Crippen molar-refractivity contribution in [3.8, 4) is 22.3 Å². The predicted octanol–water partition coefficient (Wildman–Crippen LogP) is 13.9. The fourth-order valence-electron chi connectivity index (χ4n) is 6.92. The Balaban J connectivity index is 1.44. The molecular weight excluding hydrogens is 794 g/mol.